The lowest BCUT2D eigenvalue weighted by Crippen LogP contribution is -2.32. The highest BCUT2D eigenvalue weighted by Crippen LogP contribution is 2.28. The molecule has 2 aromatic carbocycles. The first-order valence-electron chi connectivity index (χ1n) is 6.94. The molecule has 92 valence electrons. The van der Waals surface area contributed by atoms with Crippen LogP contribution in [-0.2, 0) is 12.8 Å². The average Bonchev–Trinajstić information content (AvgIpc) is 2.96. The fraction of sp³-hybridized carbons (Fsp3) is 0.167. The number of hydrogen-bond donors (Lipinski definition) is 0. The van der Waals surface area contributed by atoms with Gasteiger partial charge >= 0.3 is 0 Å². The molecular formula is C18H16N+. The molecular weight excluding hydrogens is 230 g/mol. The van der Waals surface area contributed by atoms with Gasteiger partial charge in [0.25, 0.3) is 0 Å². The van der Waals surface area contributed by atoms with Crippen molar-refractivity contribution < 1.29 is 4.57 Å². The predicted octanol–water partition coefficient (Wildman–Crippen LogP) is 3.61. The Balaban J connectivity index is 2.09. The van der Waals surface area contributed by atoms with Crippen molar-refractivity contribution in [3.8, 4) is 5.69 Å². The summed E-state index contributed by atoms with van der Waals surface area (Å²) in [4.78, 5) is 0. The molecule has 0 spiro atoms. The SMILES string of the molecule is c1ccc(-[n+]2cc3c(c4ccccc42)CCC3)cc1. The van der Waals surface area contributed by atoms with Gasteiger partial charge < -0.3 is 0 Å². The molecule has 19 heavy (non-hydrogen) atoms. The summed E-state index contributed by atoms with van der Waals surface area (Å²) >= 11 is 0. The fourth-order valence-corrected chi connectivity index (χ4v) is 3.18. The van der Waals surface area contributed by atoms with Crippen molar-refractivity contribution in [2.24, 2.45) is 0 Å². The van der Waals surface area contributed by atoms with E-state index in [1.165, 1.54) is 41.4 Å². The van der Waals surface area contributed by atoms with Crippen molar-refractivity contribution in [1.82, 2.24) is 0 Å². The summed E-state index contributed by atoms with van der Waals surface area (Å²) in [5.74, 6) is 0. The van der Waals surface area contributed by atoms with Crippen molar-refractivity contribution in [1.29, 1.82) is 0 Å². The van der Waals surface area contributed by atoms with Gasteiger partial charge in [-0.3, -0.25) is 0 Å². The summed E-state index contributed by atoms with van der Waals surface area (Å²) < 4.78 is 2.33. The van der Waals surface area contributed by atoms with E-state index in [1.807, 2.05) is 0 Å². The topological polar surface area (TPSA) is 3.88 Å². The van der Waals surface area contributed by atoms with Crippen molar-refractivity contribution >= 4 is 10.9 Å². The zero-order valence-corrected chi connectivity index (χ0v) is 10.8. The highest BCUT2D eigenvalue weighted by atomic mass is 15.0. The standard InChI is InChI=1S/C18H16N/c1-2-8-15(9-3-1)19-13-14-7-6-11-16(14)17-10-4-5-12-18(17)19/h1-5,8-10,12-13H,6-7,11H2/q+1. The molecule has 0 aliphatic heterocycles. The molecule has 0 saturated carbocycles. The lowest BCUT2D eigenvalue weighted by atomic mass is 10.1. The minimum atomic E-state index is 1.22. The van der Waals surface area contributed by atoms with Crippen LogP contribution >= 0.6 is 0 Å². The largest absolute Gasteiger partial charge is 0.218 e. The van der Waals surface area contributed by atoms with Crippen LogP contribution in [0.5, 0.6) is 0 Å². The zero-order chi connectivity index (χ0) is 12.7. The predicted molar refractivity (Wildman–Crippen MR) is 77.5 cm³/mol. The second kappa shape index (κ2) is 4.20. The number of aryl methyl sites for hydroxylation is 2. The van der Waals surface area contributed by atoms with Crippen molar-refractivity contribution in [2.75, 3.05) is 0 Å². The first-order chi connectivity index (χ1) is 9.43. The molecule has 0 unspecified atom stereocenters. The number of nitrogens with zero attached hydrogens (tertiary/aromatic N) is 1. The van der Waals surface area contributed by atoms with Crippen LogP contribution in [0.2, 0.25) is 0 Å². The van der Waals surface area contributed by atoms with E-state index in [4.69, 9.17) is 0 Å². The molecule has 0 N–H and O–H groups in total. The van der Waals surface area contributed by atoms with Crippen LogP contribution in [0, 0.1) is 0 Å². The molecule has 3 aromatic rings. The first kappa shape index (κ1) is 10.7. The Hall–Kier alpha value is -2.15. The maximum atomic E-state index is 2.33. The Kier molecular flexibility index (Phi) is 2.37. The number of hydrogen-bond acceptors (Lipinski definition) is 0. The first-order valence-corrected chi connectivity index (χ1v) is 6.94. The van der Waals surface area contributed by atoms with Crippen LogP contribution < -0.4 is 4.57 Å². The average molecular weight is 246 g/mol. The summed E-state index contributed by atoms with van der Waals surface area (Å²) in [7, 11) is 0. The molecule has 4 rings (SSSR count). The van der Waals surface area contributed by atoms with E-state index in [0.717, 1.165) is 0 Å². The van der Waals surface area contributed by atoms with Gasteiger partial charge in [0.05, 0.1) is 5.39 Å². The molecule has 0 bridgehead atoms. The lowest BCUT2D eigenvalue weighted by molar-refractivity contribution is -0.567. The highest BCUT2D eigenvalue weighted by molar-refractivity contribution is 5.81. The molecule has 0 atom stereocenters. The van der Waals surface area contributed by atoms with Crippen LogP contribution in [0.25, 0.3) is 16.6 Å². The number of rotatable bonds is 1. The van der Waals surface area contributed by atoms with Gasteiger partial charge in [-0.2, -0.15) is 4.57 Å². The summed E-state index contributed by atoms with van der Waals surface area (Å²) in [6.45, 7) is 0. The maximum Gasteiger partial charge on any atom is 0.218 e. The van der Waals surface area contributed by atoms with Crippen molar-refractivity contribution in [3.63, 3.8) is 0 Å². The van der Waals surface area contributed by atoms with E-state index < -0.39 is 0 Å². The molecule has 1 aliphatic rings. The van der Waals surface area contributed by atoms with Gasteiger partial charge in [-0.05, 0) is 30.9 Å². The van der Waals surface area contributed by atoms with Gasteiger partial charge in [-0.15, -0.1) is 0 Å². The highest BCUT2D eigenvalue weighted by Gasteiger charge is 2.22. The van der Waals surface area contributed by atoms with Gasteiger partial charge in [0.1, 0.15) is 0 Å². The normalized spacial score (nSPS) is 13.7. The summed E-state index contributed by atoms with van der Waals surface area (Å²) in [6.07, 6.45) is 6.07. The zero-order valence-electron chi connectivity index (χ0n) is 10.8. The lowest BCUT2D eigenvalue weighted by Gasteiger charge is -2.06. The van der Waals surface area contributed by atoms with Crippen molar-refractivity contribution in [2.45, 2.75) is 19.3 Å². The van der Waals surface area contributed by atoms with Crippen LogP contribution in [-0.4, -0.2) is 0 Å². The maximum absolute atomic E-state index is 2.33. The third-order valence-electron chi connectivity index (χ3n) is 4.07. The summed E-state index contributed by atoms with van der Waals surface area (Å²) in [6, 6.07) is 19.4. The Morgan fingerprint density at radius 2 is 1.58 bits per heavy atom. The molecule has 0 amide bonds. The van der Waals surface area contributed by atoms with Crippen LogP contribution in [0.1, 0.15) is 17.5 Å². The molecule has 1 aliphatic carbocycles. The molecule has 1 heteroatoms. The van der Waals surface area contributed by atoms with Gasteiger partial charge in [-0.1, -0.05) is 30.3 Å². The van der Waals surface area contributed by atoms with E-state index in [0.29, 0.717) is 0 Å². The van der Waals surface area contributed by atoms with Gasteiger partial charge in [-0.25, -0.2) is 0 Å². The van der Waals surface area contributed by atoms with E-state index in [-0.39, 0.29) is 0 Å². The quantitative estimate of drug-likeness (QED) is 0.578. The number of aromatic nitrogens is 1. The van der Waals surface area contributed by atoms with E-state index in [9.17, 15) is 0 Å². The van der Waals surface area contributed by atoms with E-state index in [1.54, 1.807) is 5.56 Å². The smallest absolute Gasteiger partial charge is 0.160 e. The second-order valence-corrected chi connectivity index (χ2v) is 5.21. The Morgan fingerprint density at radius 1 is 0.789 bits per heavy atom. The summed E-state index contributed by atoms with van der Waals surface area (Å²) in [5.41, 5.74) is 5.63. The number of benzene rings is 2. The van der Waals surface area contributed by atoms with Gasteiger partial charge in [0.15, 0.2) is 6.20 Å². The number of fused-ring (bicyclic) bond motifs is 3. The van der Waals surface area contributed by atoms with E-state index >= 15 is 0 Å². The second-order valence-electron chi connectivity index (χ2n) is 5.21. The Morgan fingerprint density at radius 3 is 2.47 bits per heavy atom. The molecule has 1 heterocycles. The van der Waals surface area contributed by atoms with Crippen molar-refractivity contribution in [3.05, 3.63) is 71.9 Å². The molecule has 1 aromatic heterocycles. The summed E-state index contributed by atoms with van der Waals surface area (Å²) in [5, 5.41) is 1.42. The number of para-hydroxylation sites is 2. The molecule has 0 saturated heterocycles. The third-order valence-corrected chi connectivity index (χ3v) is 4.07. The minimum absolute atomic E-state index is 1.22. The van der Waals surface area contributed by atoms with Crippen LogP contribution in [0.15, 0.2) is 60.8 Å². The fourth-order valence-electron chi connectivity index (χ4n) is 3.18. The Labute approximate surface area is 113 Å². The third kappa shape index (κ3) is 1.66. The van der Waals surface area contributed by atoms with Crippen LogP contribution in [0.3, 0.4) is 0 Å². The van der Waals surface area contributed by atoms with Gasteiger partial charge in [0, 0.05) is 23.8 Å². The van der Waals surface area contributed by atoms with Crippen LogP contribution in [0.4, 0.5) is 0 Å². The Bertz CT molecular complexity index is 744. The monoisotopic (exact) mass is 246 g/mol. The van der Waals surface area contributed by atoms with Gasteiger partial charge in [0.2, 0.25) is 11.2 Å². The number of pyridine rings is 1. The minimum Gasteiger partial charge on any atom is -0.160 e. The molecule has 1 nitrogen and oxygen atoms in total. The molecule has 0 radical (unpaired) electrons. The molecule has 0 fully saturated rings. The van der Waals surface area contributed by atoms with E-state index in [2.05, 4.69) is 65.4 Å².